The number of likely N-dealkylation sites (tertiary alicyclic amines) is 1. The molecule has 1 heterocycles. The van der Waals surface area contributed by atoms with Gasteiger partial charge >= 0.3 is 6.03 Å². The molecular formula is C20H29N3O4. The number of rotatable bonds is 7. The first-order chi connectivity index (χ1) is 13.1. The summed E-state index contributed by atoms with van der Waals surface area (Å²) in [5.74, 6) is 1.27. The predicted octanol–water partition coefficient (Wildman–Crippen LogP) is 1.95. The third kappa shape index (κ3) is 5.28. The zero-order valence-corrected chi connectivity index (χ0v) is 16.1. The molecule has 0 bridgehead atoms. The van der Waals surface area contributed by atoms with E-state index in [1.807, 2.05) is 18.2 Å². The van der Waals surface area contributed by atoms with Crippen LogP contribution < -0.4 is 20.1 Å². The number of urea groups is 1. The second-order valence-electron chi connectivity index (χ2n) is 7.24. The number of methoxy groups -OCH3 is 2. The van der Waals surface area contributed by atoms with Crippen molar-refractivity contribution >= 4 is 11.9 Å². The summed E-state index contributed by atoms with van der Waals surface area (Å²) in [6, 6.07) is 6.08. The van der Waals surface area contributed by atoms with E-state index in [0.717, 1.165) is 37.8 Å². The van der Waals surface area contributed by atoms with E-state index in [0.29, 0.717) is 37.1 Å². The zero-order chi connectivity index (χ0) is 19.2. The smallest absolute Gasteiger partial charge is 0.317 e. The molecule has 3 amide bonds. The third-order valence-electron chi connectivity index (χ3n) is 5.15. The lowest BCUT2D eigenvalue weighted by atomic mass is 9.97. The van der Waals surface area contributed by atoms with Crippen LogP contribution in [0.25, 0.3) is 0 Å². The van der Waals surface area contributed by atoms with Gasteiger partial charge in [-0.25, -0.2) is 4.79 Å². The van der Waals surface area contributed by atoms with E-state index in [9.17, 15) is 9.59 Å². The standard InChI is InChI=1S/C20H29N3O4/c1-26-17-8-5-14(12-18(17)27-2)9-10-21-19(24)15-4-3-11-23(13-15)20(25)22-16-6-7-16/h5,8,12,15-16H,3-4,6-7,9-11,13H2,1-2H3,(H,21,24)(H,22,25). The van der Waals surface area contributed by atoms with E-state index in [2.05, 4.69) is 10.6 Å². The van der Waals surface area contributed by atoms with Crippen molar-refractivity contribution in [1.82, 2.24) is 15.5 Å². The second kappa shape index (κ2) is 8.97. The van der Waals surface area contributed by atoms with Crippen molar-refractivity contribution in [2.75, 3.05) is 33.9 Å². The molecule has 1 saturated carbocycles. The minimum absolute atomic E-state index is 0.0272. The van der Waals surface area contributed by atoms with Gasteiger partial charge in [-0.3, -0.25) is 4.79 Å². The molecule has 1 aliphatic heterocycles. The largest absolute Gasteiger partial charge is 0.493 e. The third-order valence-corrected chi connectivity index (χ3v) is 5.15. The van der Waals surface area contributed by atoms with Gasteiger partial charge in [0, 0.05) is 25.7 Å². The van der Waals surface area contributed by atoms with Gasteiger partial charge in [0.15, 0.2) is 11.5 Å². The van der Waals surface area contributed by atoms with Gasteiger partial charge in [-0.15, -0.1) is 0 Å². The van der Waals surface area contributed by atoms with Gasteiger partial charge in [-0.1, -0.05) is 6.07 Å². The molecule has 1 aromatic carbocycles. The minimum atomic E-state index is -0.130. The van der Waals surface area contributed by atoms with Gasteiger partial charge in [0.25, 0.3) is 0 Å². The van der Waals surface area contributed by atoms with Crippen molar-refractivity contribution in [3.8, 4) is 11.5 Å². The van der Waals surface area contributed by atoms with Gasteiger partial charge in [-0.2, -0.15) is 0 Å². The van der Waals surface area contributed by atoms with Crippen LogP contribution in [0, 0.1) is 5.92 Å². The highest BCUT2D eigenvalue weighted by Crippen LogP contribution is 2.27. The highest BCUT2D eigenvalue weighted by atomic mass is 16.5. The Hall–Kier alpha value is -2.44. The van der Waals surface area contributed by atoms with Crippen LogP contribution >= 0.6 is 0 Å². The van der Waals surface area contributed by atoms with Crippen molar-refractivity contribution in [2.24, 2.45) is 5.92 Å². The SMILES string of the molecule is COc1ccc(CCNC(=O)C2CCCN(C(=O)NC3CC3)C2)cc1OC. The fourth-order valence-electron chi connectivity index (χ4n) is 3.38. The first-order valence-electron chi connectivity index (χ1n) is 9.64. The summed E-state index contributed by atoms with van der Waals surface area (Å²) >= 11 is 0. The number of nitrogens with one attached hydrogen (secondary N) is 2. The number of piperidine rings is 1. The Morgan fingerprint density at radius 2 is 1.93 bits per heavy atom. The topological polar surface area (TPSA) is 79.9 Å². The van der Waals surface area contributed by atoms with Gasteiger partial charge in [0.2, 0.25) is 5.91 Å². The molecule has 1 saturated heterocycles. The second-order valence-corrected chi connectivity index (χ2v) is 7.24. The van der Waals surface area contributed by atoms with Gasteiger partial charge in [0.1, 0.15) is 0 Å². The lowest BCUT2D eigenvalue weighted by Gasteiger charge is -2.32. The number of carbonyl (C=O) groups is 2. The van der Waals surface area contributed by atoms with Crippen LogP contribution in [-0.2, 0) is 11.2 Å². The molecule has 2 fully saturated rings. The van der Waals surface area contributed by atoms with Gasteiger partial charge in [-0.05, 0) is 49.8 Å². The molecule has 0 radical (unpaired) electrons. The number of benzene rings is 1. The summed E-state index contributed by atoms with van der Waals surface area (Å²) in [4.78, 5) is 26.5. The fraction of sp³-hybridized carbons (Fsp3) is 0.600. The first-order valence-corrected chi connectivity index (χ1v) is 9.64. The van der Waals surface area contributed by atoms with Crippen molar-refractivity contribution in [2.45, 2.75) is 38.1 Å². The summed E-state index contributed by atoms with van der Waals surface area (Å²) < 4.78 is 10.5. The molecule has 1 atom stereocenters. The Labute approximate surface area is 160 Å². The molecule has 3 rings (SSSR count). The van der Waals surface area contributed by atoms with Crippen molar-refractivity contribution in [3.05, 3.63) is 23.8 Å². The molecule has 1 aromatic rings. The monoisotopic (exact) mass is 375 g/mol. The molecule has 27 heavy (non-hydrogen) atoms. The molecule has 7 nitrogen and oxygen atoms in total. The van der Waals surface area contributed by atoms with E-state index in [1.54, 1.807) is 19.1 Å². The molecule has 148 valence electrons. The van der Waals surface area contributed by atoms with Crippen LogP contribution in [0.1, 0.15) is 31.2 Å². The number of nitrogens with zero attached hydrogens (tertiary/aromatic N) is 1. The predicted molar refractivity (Wildman–Crippen MR) is 102 cm³/mol. The van der Waals surface area contributed by atoms with Crippen LogP contribution in [-0.4, -0.2) is 56.7 Å². The maximum absolute atomic E-state index is 12.5. The molecule has 0 spiro atoms. The quantitative estimate of drug-likeness (QED) is 0.763. The van der Waals surface area contributed by atoms with Crippen molar-refractivity contribution < 1.29 is 19.1 Å². The first kappa shape index (κ1) is 19.3. The van der Waals surface area contributed by atoms with Gasteiger partial charge in [0.05, 0.1) is 20.1 Å². The summed E-state index contributed by atoms with van der Waals surface area (Å²) in [7, 11) is 3.22. The van der Waals surface area contributed by atoms with Crippen LogP contribution in [0.5, 0.6) is 11.5 Å². The summed E-state index contributed by atoms with van der Waals surface area (Å²) in [6.07, 6.45) is 4.55. The van der Waals surface area contributed by atoms with Crippen LogP contribution in [0.3, 0.4) is 0 Å². The van der Waals surface area contributed by atoms with Crippen LogP contribution in [0.4, 0.5) is 4.79 Å². The minimum Gasteiger partial charge on any atom is -0.493 e. The Morgan fingerprint density at radius 1 is 1.15 bits per heavy atom. The molecule has 2 aliphatic rings. The summed E-state index contributed by atoms with van der Waals surface area (Å²) in [5.41, 5.74) is 1.07. The van der Waals surface area contributed by atoms with Gasteiger partial charge < -0.3 is 25.0 Å². The van der Waals surface area contributed by atoms with E-state index < -0.39 is 0 Å². The lowest BCUT2D eigenvalue weighted by molar-refractivity contribution is -0.126. The molecule has 1 aliphatic carbocycles. The van der Waals surface area contributed by atoms with Crippen molar-refractivity contribution in [3.63, 3.8) is 0 Å². The van der Waals surface area contributed by atoms with E-state index in [4.69, 9.17) is 9.47 Å². The Bertz CT molecular complexity index is 675. The normalized spacial score (nSPS) is 19.3. The fourth-order valence-corrected chi connectivity index (χ4v) is 3.38. The zero-order valence-electron chi connectivity index (χ0n) is 16.1. The number of carbonyl (C=O) groups excluding carboxylic acids is 2. The highest BCUT2D eigenvalue weighted by molar-refractivity contribution is 5.81. The average Bonchev–Trinajstić information content (AvgIpc) is 3.51. The van der Waals surface area contributed by atoms with E-state index in [-0.39, 0.29) is 17.9 Å². The average molecular weight is 375 g/mol. The van der Waals surface area contributed by atoms with E-state index >= 15 is 0 Å². The van der Waals surface area contributed by atoms with Crippen LogP contribution in [0.2, 0.25) is 0 Å². The Balaban J connectivity index is 1.45. The maximum atomic E-state index is 12.5. The van der Waals surface area contributed by atoms with E-state index in [1.165, 1.54) is 0 Å². The molecule has 2 N–H and O–H groups in total. The lowest BCUT2D eigenvalue weighted by Crippen LogP contribution is -2.49. The van der Waals surface area contributed by atoms with Crippen LogP contribution in [0.15, 0.2) is 18.2 Å². The molecule has 1 unspecified atom stereocenters. The molecule has 0 aromatic heterocycles. The Morgan fingerprint density at radius 3 is 2.63 bits per heavy atom. The number of hydrogen-bond acceptors (Lipinski definition) is 4. The number of amides is 3. The maximum Gasteiger partial charge on any atom is 0.317 e. The summed E-state index contributed by atoms with van der Waals surface area (Å²) in [6.45, 7) is 1.79. The molecular weight excluding hydrogens is 346 g/mol. The van der Waals surface area contributed by atoms with Crippen molar-refractivity contribution in [1.29, 1.82) is 0 Å². The molecule has 7 heteroatoms. The summed E-state index contributed by atoms with van der Waals surface area (Å²) in [5, 5.41) is 6.01. The highest BCUT2D eigenvalue weighted by Gasteiger charge is 2.31. The number of ether oxygens (including phenoxy) is 2. The Kier molecular flexibility index (Phi) is 6.42. The number of hydrogen-bond donors (Lipinski definition) is 2.